The van der Waals surface area contributed by atoms with Gasteiger partial charge in [0.25, 0.3) is 0 Å². The average molecular weight is 348 g/mol. The minimum Gasteiger partial charge on any atom is -0.336 e. The van der Waals surface area contributed by atoms with Gasteiger partial charge in [0.05, 0.1) is 8.67 Å². The third kappa shape index (κ3) is 3.44. The number of nitrogens with zero attached hydrogens (tertiary/aromatic N) is 2. The first-order valence-corrected chi connectivity index (χ1v) is 8.38. The van der Waals surface area contributed by atoms with Crippen LogP contribution in [0.5, 0.6) is 0 Å². The summed E-state index contributed by atoms with van der Waals surface area (Å²) < 4.78 is 1.17. The van der Waals surface area contributed by atoms with E-state index in [9.17, 15) is 9.59 Å². The molecule has 0 unspecified atom stereocenters. The monoisotopic (exact) mass is 347 g/mol. The van der Waals surface area contributed by atoms with E-state index in [1.54, 1.807) is 11.0 Å². The number of piperazine rings is 1. The van der Waals surface area contributed by atoms with Gasteiger partial charge in [0, 0.05) is 31.2 Å². The topological polar surface area (TPSA) is 52.7 Å². The van der Waals surface area contributed by atoms with Crippen LogP contribution >= 0.6 is 34.5 Å². The highest BCUT2D eigenvalue weighted by atomic mass is 35.5. The highest BCUT2D eigenvalue weighted by Gasteiger charge is 2.36. The van der Waals surface area contributed by atoms with Crippen molar-refractivity contribution in [2.45, 2.75) is 25.4 Å². The number of hydrogen-bond donors (Lipinski definition) is 1. The Kier molecular flexibility index (Phi) is 4.28. The molecule has 21 heavy (non-hydrogen) atoms. The number of carbonyl (C=O) groups is 2. The van der Waals surface area contributed by atoms with Gasteiger partial charge in [-0.3, -0.25) is 4.79 Å². The summed E-state index contributed by atoms with van der Waals surface area (Å²) in [7, 11) is 0. The molecule has 0 atom stereocenters. The van der Waals surface area contributed by atoms with E-state index in [2.05, 4.69) is 5.32 Å². The number of hydrogen-bond acceptors (Lipinski definition) is 3. The first-order chi connectivity index (χ1) is 10.0. The van der Waals surface area contributed by atoms with Gasteiger partial charge < -0.3 is 15.1 Å². The molecule has 0 aromatic carbocycles. The Bertz CT molecular complexity index is 574. The van der Waals surface area contributed by atoms with Crippen molar-refractivity contribution >= 4 is 46.5 Å². The van der Waals surface area contributed by atoms with Gasteiger partial charge in [0.2, 0.25) is 5.91 Å². The standard InChI is InChI=1S/C13H15Cl2N3O2S/c14-10-5-8(12(15)21-10)6-16-13(20)17-3-4-18(9-1-2-9)11(19)7-17/h5,9H,1-4,6-7H2,(H,16,20). The van der Waals surface area contributed by atoms with E-state index in [0.29, 0.717) is 34.3 Å². The summed E-state index contributed by atoms with van der Waals surface area (Å²) in [5.41, 5.74) is 0.794. The summed E-state index contributed by atoms with van der Waals surface area (Å²) in [6.45, 7) is 1.67. The lowest BCUT2D eigenvalue weighted by atomic mass is 10.3. The van der Waals surface area contributed by atoms with Crippen LogP contribution in [0.4, 0.5) is 4.79 Å². The van der Waals surface area contributed by atoms with Gasteiger partial charge in [-0.25, -0.2) is 4.79 Å². The Morgan fingerprint density at radius 3 is 2.71 bits per heavy atom. The lowest BCUT2D eigenvalue weighted by molar-refractivity contribution is -0.135. The van der Waals surface area contributed by atoms with Crippen molar-refractivity contribution in [2.75, 3.05) is 19.6 Å². The van der Waals surface area contributed by atoms with Crippen molar-refractivity contribution in [3.05, 3.63) is 20.3 Å². The van der Waals surface area contributed by atoms with Crippen molar-refractivity contribution in [3.8, 4) is 0 Å². The van der Waals surface area contributed by atoms with Crippen LogP contribution in [0.15, 0.2) is 6.07 Å². The number of carbonyl (C=O) groups excluding carboxylic acids is 2. The molecular weight excluding hydrogens is 333 g/mol. The fourth-order valence-electron chi connectivity index (χ4n) is 2.41. The van der Waals surface area contributed by atoms with Crippen LogP contribution in [-0.4, -0.2) is 47.4 Å². The molecule has 1 aromatic heterocycles. The van der Waals surface area contributed by atoms with E-state index in [1.165, 1.54) is 11.3 Å². The molecule has 0 radical (unpaired) electrons. The smallest absolute Gasteiger partial charge is 0.318 e. The predicted molar refractivity (Wildman–Crippen MR) is 82.9 cm³/mol. The van der Waals surface area contributed by atoms with Gasteiger partial charge in [-0.05, 0) is 18.9 Å². The molecule has 5 nitrogen and oxygen atoms in total. The van der Waals surface area contributed by atoms with Crippen LogP contribution in [-0.2, 0) is 11.3 Å². The maximum Gasteiger partial charge on any atom is 0.318 e. The Morgan fingerprint density at radius 2 is 2.14 bits per heavy atom. The summed E-state index contributed by atoms with van der Waals surface area (Å²) in [6, 6.07) is 1.91. The first-order valence-electron chi connectivity index (χ1n) is 6.80. The molecular formula is C13H15Cl2N3O2S. The number of halogens is 2. The van der Waals surface area contributed by atoms with Gasteiger partial charge >= 0.3 is 6.03 Å². The number of amides is 3. The molecule has 1 saturated carbocycles. The Hall–Kier alpha value is -0.980. The molecule has 3 amide bonds. The third-order valence-electron chi connectivity index (χ3n) is 3.69. The number of rotatable bonds is 3. The van der Waals surface area contributed by atoms with Crippen molar-refractivity contribution in [3.63, 3.8) is 0 Å². The van der Waals surface area contributed by atoms with Crippen molar-refractivity contribution < 1.29 is 9.59 Å². The van der Waals surface area contributed by atoms with Crippen molar-refractivity contribution in [1.29, 1.82) is 0 Å². The van der Waals surface area contributed by atoms with Gasteiger partial charge in [-0.1, -0.05) is 23.2 Å². The van der Waals surface area contributed by atoms with E-state index in [4.69, 9.17) is 23.2 Å². The van der Waals surface area contributed by atoms with E-state index >= 15 is 0 Å². The molecule has 2 heterocycles. The normalized spacial score (nSPS) is 19.0. The minimum atomic E-state index is -0.239. The molecule has 8 heteroatoms. The van der Waals surface area contributed by atoms with Crippen LogP contribution in [0.3, 0.4) is 0 Å². The van der Waals surface area contributed by atoms with Crippen molar-refractivity contribution in [1.82, 2.24) is 15.1 Å². The number of nitrogens with one attached hydrogen (secondary N) is 1. The SMILES string of the molecule is O=C(NCc1cc(Cl)sc1Cl)N1CCN(C2CC2)C(=O)C1. The maximum absolute atomic E-state index is 12.1. The van der Waals surface area contributed by atoms with Crippen LogP contribution in [0.25, 0.3) is 0 Å². The molecule has 1 saturated heterocycles. The summed E-state index contributed by atoms with van der Waals surface area (Å²) in [5.74, 6) is 0.0375. The summed E-state index contributed by atoms with van der Waals surface area (Å²) in [5, 5.41) is 2.78. The maximum atomic E-state index is 12.1. The van der Waals surface area contributed by atoms with Crippen LogP contribution in [0.2, 0.25) is 8.67 Å². The molecule has 2 aliphatic rings. The van der Waals surface area contributed by atoms with Gasteiger partial charge in [0.1, 0.15) is 6.54 Å². The van der Waals surface area contributed by atoms with E-state index < -0.39 is 0 Å². The molecule has 0 bridgehead atoms. The Morgan fingerprint density at radius 1 is 1.38 bits per heavy atom. The second kappa shape index (κ2) is 6.02. The van der Waals surface area contributed by atoms with Gasteiger partial charge in [-0.2, -0.15) is 0 Å². The van der Waals surface area contributed by atoms with E-state index in [1.807, 2.05) is 4.90 Å². The minimum absolute atomic E-state index is 0.0375. The molecule has 2 fully saturated rings. The summed E-state index contributed by atoms with van der Waals surface area (Å²) in [6.07, 6.45) is 2.19. The highest BCUT2D eigenvalue weighted by Crippen LogP contribution is 2.31. The summed E-state index contributed by atoms with van der Waals surface area (Å²) in [4.78, 5) is 27.5. The molecule has 3 rings (SSSR count). The largest absolute Gasteiger partial charge is 0.336 e. The Balaban J connectivity index is 1.51. The fraction of sp³-hybridized carbons (Fsp3) is 0.538. The highest BCUT2D eigenvalue weighted by molar-refractivity contribution is 7.20. The fourth-order valence-corrected chi connectivity index (χ4v) is 3.90. The zero-order chi connectivity index (χ0) is 15.0. The zero-order valence-corrected chi connectivity index (χ0v) is 13.6. The van der Waals surface area contributed by atoms with Crippen molar-refractivity contribution in [2.24, 2.45) is 0 Å². The van der Waals surface area contributed by atoms with Crippen LogP contribution in [0, 0.1) is 0 Å². The second-order valence-electron chi connectivity index (χ2n) is 5.25. The second-order valence-corrected chi connectivity index (χ2v) is 7.53. The summed E-state index contributed by atoms with van der Waals surface area (Å²) >= 11 is 13.1. The lowest BCUT2D eigenvalue weighted by Crippen LogP contribution is -2.55. The van der Waals surface area contributed by atoms with Gasteiger partial charge in [0.15, 0.2) is 0 Å². The van der Waals surface area contributed by atoms with E-state index in [0.717, 1.165) is 18.4 Å². The molecule has 1 aromatic rings. The molecule has 0 spiro atoms. The average Bonchev–Trinajstić information content (AvgIpc) is 3.22. The lowest BCUT2D eigenvalue weighted by Gasteiger charge is -2.34. The Labute approximate surface area is 136 Å². The predicted octanol–water partition coefficient (Wildman–Crippen LogP) is 2.57. The number of urea groups is 1. The first kappa shape index (κ1) is 14.9. The quantitative estimate of drug-likeness (QED) is 0.913. The van der Waals surface area contributed by atoms with Crippen LogP contribution in [0.1, 0.15) is 18.4 Å². The van der Waals surface area contributed by atoms with Crippen LogP contribution < -0.4 is 5.32 Å². The molecule has 1 aliphatic carbocycles. The van der Waals surface area contributed by atoms with E-state index in [-0.39, 0.29) is 18.5 Å². The number of thiophene rings is 1. The molecule has 1 aliphatic heterocycles. The molecule has 1 N–H and O–H groups in total. The van der Waals surface area contributed by atoms with Gasteiger partial charge in [-0.15, -0.1) is 11.3 Å². The third-order valence-corrected chi connectivity index (χ3v) is 5.26. The molecule has 114 valence electrons. The zero-order valence-electron chi connectivity index (χ0n) is 11.3.